The SMILES string of the molecule is CCOc1ccc(CN(C)C(=O)C2CCCN2S(=O)(=O)c2ccc(F)cc2)cc1. The van der Waals surface area contributed by atoms with E-state index in [9.17, 15) is 17.6 Å². The Bertz CT molecular complexity index is 946. The van der Waals surface area contributed by atoms with Crippen LogP contribution in [0.25, 0.3) is 0 Å². The zero-order valence-corrected chi connectivity index (χ0v) is 17.4. The van der Waals surface area contributed by atoms with Gasteiger partial charge in [0, 0.05) is 20.1 Å². The molecule has 3 rings (SSSR count). The second-order valence-corrected chi connectivity index (χ2v) is 8.89. The van der Waals surface area contributed by atoms with Gasteiger partial charge in [-0.05, 0) is 61.7 Å². The minimum atomic E-state index is -3.87. The van der Waals surface area contributed by atoms with E-state index in [0.29, 0.717) is 26.0 Å². The molecule has 1 aliphatic rings. The van der Waals surface area contributed by atoms with Gasteiger partial charge >= 0.3 is 0 Å². The lowest BCUT2D eigenvalue weighted by molar-refractivity contribution is -0.133. The quantitative estimate of drug-likeness (QED) is 0.691. The summed E-state index contributed by atoms with van der Waals surface area (Å²) in [6.07, 6.45) is 1.07. The molecule has 1 heterocycles. The van der Waals surface area contributed by atoms with E-state index < -0.39 is 21.9 Å². The molecule has 1 saturated heterocycles. The summed E-state index contributed by atoms with van der Waals surface area (Å²) in [6.45, 7) is 3.13. The average molecular weight is 421 g/mol. The van der Waals surface area contributed by atoms with Crippen LogP contribution < -0.4 is 4.74 Å². The third kappa shape index (κ3) is 4.76. The molecule has 0 bridgehead atoms. The van der Waals surface area contributed by atoms with Crippen LogP contribution in [0.1, 0.15) is 25.3 Å². The van der Waals surface area contributed by atoms with Crippen LogP contribution in [0.3, 0.4) is 0 Å². The largest absolute Gasteiger partial charge is 0.494 e. The lowest BCUT2D eigenvalue weighted by Crippen LogP contribution is -2.46. The van der Waals surface area contributed by atoms with Crippen LogP contribution in [-0.2, 0) is 21.4 Å². The topological polar surface area (TPSA) is 66.9 Å². The maximum Gasteiger partial charge on any atom is 0.243 e. The molecule has 1 fully saturated rings. The highest BCUT2D eigenvalue weighted by Crippen LogP contribution is 2.27. The molecule has 29 heavy (non-hydrogen) atoms. The third-order valence-electron chi connectivity index (χ3n) is 4.94. The van der Waals surface area contributed by atoms with Crippen LogP contribution in [0.5, 0.6) is 5.75 Å². The lowest BCUT2D eigenvalue weighted by Gasteiger charge is -2.27. The molecule has 0 aromatic heterocycles. The summed E-state index contributed by atoms with van der Waals surface area (Å²) in [5, 5.41) is 0. The summed E-state index contributed by atoms with van der Waals surface area (Å²) in [6, 6.07) is 11.4. The Labute approximate surface area is 170 Å². The van der Waals surface area contributed by atoms with Gasteiger partial charge in [-0.1, -0.05) is 12.1 Å². The molecule has 0 radical (unpaired) electrons. The van der Waals surface area contributed by atoms with E-state index in [2.05, 4.69) is 0 Å². The Balaban J connectivity index is 1.72. The van der Waals surface area contributed by atoms with Gasteiger partial charge in [-0.3, -0.25) is 4.79 Å². The smallest absolute Gasteiger partial charge is 0.243 e. The molecule has 1 unspecified atom stereocenters. The van der Waals surface area contributed by atoms with E-state index in [1.807, 2.05) is 31.2 Å². The van der Waals surface area contributed by atoms with Gasteiger partial charge in [-0.15, -0.1) is 0 Å². The highest BCUT2D eigenvalue weighted by Gasteiger charge is 2.40. The Morgan fingerprint density at radius 1 is 1.17 bits per heavy atom. The second-order valence-electron chi connectivity index (χ2n) is 7.00. The molecular weight excluding hydrogens is 395 g/mol. The summed E-state index contributed by atoms with van der Waals surface area (Å²) in [4.78, 5) is 14.5. The van der Waals surface area contributed by atoms with E-state index in [1.165, 1.54) is 16.4 Å². The van der Waals surface area contributed by atoms with Crippen LogP contribution in [0, 0.1) is 5.82 Å². The van der Waals surface area contributed by atoms with Gasteiger partial charge in [-0.25, -0.2) is 12.8 Å². The van der Waals surface area contributed by atoms with Crippen LogP contribution in [0.2, 0.25) is 0 Å². The van der Waals surface area contributed by atoms with Crippen LogP contribution >= 0.6 is 0 Å². The zero-order chi connectivity index (χ0) is 21.0. The van der Waals surface area contributed by atoms with E-state index >= 15 is 0 Å². The van der Waals surface area contributed by atoms with Crippen molar-refractivity contribution >= 4 is 15.9 Å². The maximum atomic E-state index is 13.2. The average Bonchev–Trinajstić information content (AvgIpc) is 3.20. The van der Waals surface area contributed by atoms with Crippen molar-refractivity contribution < 1.29 is 22.3 Å². The number of carbonyl (C=O) groups excluding carboxylic acids is 1. The number of nitrogens with zero attached hydrogens (tertiary/aromatic N) is 2. The summed E-state index contributed by atoms with van der Waals surface area (Å²) in [5.74, 6) is 0.00717. The molecule has 1 aliphatic heterocycles. The molecule has 1 atom stereocenters. The van der Waals surface area contributed by atoms with Gasteiger partial charge in [0.2, 0.25) is 15.9 Å². The van der Waals surface area contributed by atoms with Crippen LogP contribution in [0.4, 0.5) is 4.39 Å². The number of ether oxygens (including phenoxy) is 1. The Morgan fingerprint density at radius 2 is 1.83 bits per heavy atom. The standard InChI is InChI=1S/C21H25FN2O4S/c1-3-28-18-10-6-16(7-11-18)15-23(2)21(25)20-5-4-14-24(20)29(26,27)19-12-8-17(22)9-13-19/h6-13,20H,3-5,14-15H2,1-2H3. The molecule has 6 nitrogen and oxygen atoms in total. The van der Waals surface area contributed by atoms with Gasteiger partial charge < -0.3 is 9.64 Å². The van der Waals surface area contributed by atoms with Crippen molar-refractivity contribution in [2.75, 3.05) is 20.2 Å². The zero-order valence-electron chi connectivity index (χ0n) is 16.5. The number of hydrogen-bond donors (Lipinski definition) is 0. The molecule has 0 aliphatic carbocycles. The predicted molar refractivity (Wildman–Crippen MR) is 107 cm³/mol. The van der Waals surface area contributed by atoms with Gasteiger partial charge in [0.05, 0.1) is 11.5 Å². The first kappa shape index (κ1) is 21.3. The Hall–Kier alpha value is -2.45. The highest BCUT2D eigenvalue weighted by molar-refractivity contribution is 7.89. The molecule has 0 saturated carbocycles. The number of sulfonamides is 1. The third-order valence-corrected chi connectivity index (χ3v) is 6.86. The molecular formula is C21H25FN2O4S. The first-order valence-electron chi connectivity index (χ1n) is 9.57. The molecule has 8 heteroatoms. The number of amides is 1. The van der Waals surface area contributed by atoms with E-state index in [-0.39, 0.29) is 17.3 Å². The minimum Gasteiger partial charge on any atom is -0.494 e. The minimum absolute atomic E-state index is 0.00670. The summed E-state index contributed by atoms with van der Waals surface area (Å²) < 4.78 is 45.7. The number of carbonyl (C=O) groups is 1. The van der Waals surface area contributed by atoms with Crippen molar-refractivity contribution in [2.45, 2.75) is 37.2 Å². The fraction of sp³-hybridized carbons (Fsp3) is 0.381. The van der Waals surface area contributed by atoms with Crippen molar-refractivity contribution in [2.24, 2.45) is 0 Å². The molecule has 2 aromatic rings. The van der Waals surface area contributed by atoms with Gasteiger partial charge in [0.1, 0.15) is 17.6 Å². The van der Waals surface area contributed by atoms with E-state index in [0.717, 1.165) is 23.4 Å². The fourth-order valence-electron chi connectivity index (χ4n) is 3.48. The molecule has 2 aromatic carbocycles. The van der Waals surface area contributed by atoms with Gasteiger partial charge in [0.25, 0.3) is 0 Å². The molecule has 156 valence electrons. The highest BCUT2D eigenvalue weighted by atomic mass is 32.2. The first-order valence-corrected chi connectivity index (χ1v) is 11.0. The Morgan fingerprint density at radius 3 is 2.45 bits per heavy atom. The molecule has 1 amide bonds. The number of hydrogen-bond acceptors (Lipinski definition) is 4. The molecule has 0 spiro atoms. The van der Waals surface area contributed by atoms with Crippen LogP contribution in [0.15, 0.2) is 53.4 Å². The second kappa shape index (κ2) is 8.92. The van der Waals surface area contributed by atoms with Gasteiger partial charge in [-0.2, -0.15) is 4.31 Å². The number of likely N-dealkylation sites (N-methyl/N-ethyl adjacent to an activating group) is 1. The normalized spacial score (nSPS) is 17.3. The lowest BCUT2D eigenvalue weighted by atomic mass is 10.1. The Kier molecular flexibility index (Phi) is 6.54. The van der Waals surface area contributed by atoms with E-state index in [1.54, 1.807) is 11.9 Å². The predicted octanol–water partition coefficient (Wildman–Crippen LogP) is 3.04. The van der Waals surface area contributed by atoms with Crippen LogP contribution in [-0.4, -0.2) is 49.8 Å². The van der Waals surface area contributed by atoms with Crippen molar-refractivity contribution in [3.63, 3.8) is 0 Å². The summed E-state index contributed by atoms with van der Waals surface area (Å²) in [5.41, 5.74) is 0.926. The van der Waals surface area contributed by atoms with Crippen molar-refractivity contribution in [1.82, 2.24) is 9.21 Å². The van der Waals surface area contributed by atoms with E-state index in [4.69, 9.17) is 4.74 Å². The molecule has 0 N–H and O–H groups in total. The van der Waals surface area contributed by atoms with Crippen molar-refractivity contribution in [3.05, 3.63) is 59.9 Å². The maximum absolute atomic E-state index is 13.2. The monoisotopic (exact) mass is 420 g/mol. The summed E-state index contributed by atoms with van der Waals surface area (Å²) in [7, 11) is -2.20. The van der Waals surface area contributed by atoms with Gasteiger partial charge in [0.15, 0.2) is 0 Å². The van der Waals surface area contributed by atoms with Crippen molar-refractivity contribution in [3.8, 4) is 5.75 Å². The number of halogens is 1. The summed E-state index contributed by atoms with van der Waals surface area (Å²) >= 11 is 0. The number of rotatable bonds is 7. The number of benzene rings is 2. The first-order chi connectivity index (χ1) is 13.8. The van der Waals surface area contributed by atoms with Crippen molar-refractivity contribution in [1.29, 1.82) is 0 Å². The fourth-order valence-corrected chi connectivity index (χ4v) is 5.13.